The standard InChI is InChI=1S/C21H22F3N9O3/c1-36-33-11-31(18(26)17(33)19(27)34)14-5-3-13(4-6-14)29-20(35)30-15-10-12(21(22,23)24)2-7-16(15)32(28)9-8-25/h2-11H,25,28H2,1H3,(H5-,26,27,29,30,34,35)/p+1/b9-8-. The van der Waals surface area contributed by atoms with E-state index in [0.717, 1.165) is 34.1 Å². The van der Waals surface area contributed by atoms with Crippen LogP contribution < -0.4 is 48.1 Å². The minimum absolute atomic E-state index is 0.0257. The maximum Gasteiger partial charge on any atom is 0.416 e. The highest BCUT2D eigenvalue weighted by Gasteiger charge is 2.31. The molecule has 0 fully saturated rings. The molecule has 0 spiro atoms. The number of nitrogens with two attached hydrogens (primary N) is 4. The van der Waals surface area contributed by atoms with Crippen LogP contribution in [0, 0.1) is 0 Å². The Morgan fingerprint density at radius 1 is 1.14 bits per heavy atom. The van der Waals surface area contributed by atoms with Gasteiger partial charge in [0.15, 0.2) is 0 Å². The van der Waals surface area contributed by atoms with Crippen molar-refractivity contribution in [2.24, 2.45) is 17.3 Å². The molecule has 0 aliphatic heterocycles. The predicted molar refractivity (Wildman–Crippen MR) is 125 cm³/mol. The van der Waals surface area contributed by atoms with Gasteiger partial charge in [-0.1, -0.05) is 4.73 Å². The molecule has 1 heterocycles. The summed E-state index contributed by atoms with van der Waals surface area (Å²) in [5.74, 6) is 5.01. The normalized spacial score (nSPS) is 11.4. The molecule has 3 aromatic rings. The van der Waals surface area contributed by atoms with Crippen LogP contribution in [0.4, 0.5) is 40.8 Å². The first-order valence-corrected chi connectivity index (χ1v) is 10.0. The Kier molecular flexibility index (Phi) is 7.24. The molecular formula is C21H23F3N9O3+. The lowest BCUT2D eigenvalue weighted by atomic mass is 10.1. The Bertz CT molecular complexity index is 1300. The summed E-state index contributed by atoms with van der Waals surface area (Å²) in [6.45, 7) is 0. The number of nitrogens with zero attached hydrogens (tertiary/aromatic N) is 3. The van der Waals surface area contributed by atoms with Crippen molar-refractivity contribution in [3.05, 3.63) is 72.4 Å². The first kappa shape index (κ1) is 25.7. The summed E-state index contributed by atoms with van der Waals surface area (Å²) in [4.78, 5) is 29.2. The number of benzene rings is 2. The number of nitrogens with one attached hydrogen (secondary N) is 2. The van der Waals surface area contributed by atoms with Gasteiger partial charge in [-0.25, -0.2) is 10.6 Å². The molecule has 15 heteroatoms. The second kappa shape index (κ2) is 10.1. The van der Waals surface area contributed by atoms with Crippen molar-refractivity contribution in [2.45, 2.75) is 6.18 Å². The highest BCUT2D eigenvalue weighted by molar-refractivity contribution is 6.02. The van der Waals surface area contributed by atoms with Gasteiger partial charge in [0, 0.05) is 18.1 Å². The van der Waals surface area contributed by atoms with E-state index in [4.69, 9.17) is 27.9 Å². The van der Waals surface area contributed by atoms with Crippen LogP contribution in [0.5, 0.6) is 0 Å². The maximum atomic E-state index is 13.2. The molecule has 190 valence electrons. The molecule has 12 nitrogen and oxygen atoms in total. The van der Waals surface area contributed by atoms with Gasteiger partial charge in [-0.2, -0.15) is 17.7 Å². The number of rotatable bonds is 7. The van der Waals surface area contributed by atoms with E-state index in [1.165, 1.54) is 36.3 Å². The second-order valence-corrected chi connectivity index (χ2v) is 7.20. The van der Waals surface area contributed by atoms with E-state index in [9.17, 15) is 22.8 Å². The topological polar surface area (TPSA) is 184 Å². The minimum atomic E-state index is -4.64. The molecule has 10 N–H and O–H groups in total. The second-order valence-electron chi connectivity index (χ2n) is 7.20. The maximum absolute atomic E-state index is 13.2. The fourth-order valence-electron chi connectivity index (χ4n) is 3.23. The number of primary amides is 1. The number of nitrogen functional groups attached to an aromatic ring is 1. The molecule has 0 bridgehead atoms. The Labute approximate surface area is 202 Å². The van der Waals surface area contributed by atoms with Crippen LogP contribution in [0.2, 0.25) is 0 Å². The van der Waals surface area contributed by atoms with Crippen molar-refractivity contribution in [3.63, 3.8) is 0 Å². The van der Waals surface area contributed by atoms with Gasteiger partial charge >= 0.3 is 12.2 Å². The van der Waals surface area contributed by atoms with Gasteiger partial charge < -0.3 is 32.7 Å². The molecule has 0 saturated heterocycles. The zero-order valence-corrected chi connectivity index (χ0v) is 18.8. The van der Waals surface area contributed by atoms with Crippen molar-refractivity contribution in [2.75, 3.05) is 28.5 Å². The molecule has 3 amide bonds. The van der Waals surface area contributed by atoms with Gasteiger partial charge in [0.1, 0.15) is 12.8 Å². The number of hydrazine groups is 1. The van der Waals surface area contributed by atoms with E-state index in [1.807, 2.05) is 0 Å². The summed E-state index contributed by atoms with van der Waals surface area (Å²) < 4.78 is 42.1. The molecule has 36 heavy (non-hydrogen) atoms. The van der Waals surface area contributed by atoms with Gasteiger partial charge in [0.2, 0.25) is 6.33 Å². The minimum Gasteiger partial charge on any atom is -0.403 e. The van der Waals surface area contributed by atoms with Crippen molar-refractivity contribution in [1.82, 2.24) is 4.73 Å². The average Bonchev–Trinajstić information content (AvgIpc) is 3.15. The quantitative estimate of drug-likeness (QED) is 0.158. The molecule has 0 aliphatic rings. The zero-order valence-electron chi connectivity index (χ0n) is 18.8. The molecule has 1 aromatic heterocycles. The van der Waals surface area contributed by atoms with Crippen LogP contribution in [0.3, 0.4) is 0 Å². The molecule has 3 rings (SSSR count). The Hall–Kier alpha value is -4.92. The largest absolute Gasteiger partial charge is 0.416 e. The fourth-order valence-corrected chi connectivity index (χ4v) is 3.23. The third-order valence-corrected chi connectivity index (χ3v) is 4.87. The predicted octanol–water partition coefficient (Wildman–Crippen LogP) is 1.28. The molecule has 0 saturated carbocycles. The van der Waals surface area contributed by atoms with Gasteiger partial charge in [-0.15, -0.1) is 0 Å². The van der Waals surface area contributed by atoms with E-state index in [1.54, 1.807) is 12.1 Å². The van der Waals surface area contributed by atoms with Crippen LogP contribution in [0.15, 0.2) is 61.2 Å². The van der Waals surface area contributed by atoms with E-state index >= 15 is 0 Å². The van der Waals surface area contributed by atoms with Crippen LogP contribution in [0.25, 0.3) is 5.69 Å². The summed E-state index contributed by atoms with van der Waals surface area (Å²) in [7, 11) is 1.33. The van der Waals surface area contributed by atoms with Crippen molar-refractivity contribution < 1.29 is 32.2 Å². The number of urea groups is 1. The molecule has 0 unspecified atom stereocenters. The molecule has 0 aliphatic carbocycles. The first-order valence-electron chi connectivity index (χ1n) is 10.0. The first-order chi connectivity index (χ1) is 17.0. The number of amides is 3. The number of halogens is 3. The Balaban J connectivity index is 1.82. The summed E-state index contributed by atoms with van der Waals surface area (Å²) in [5.41, 5.74) is 16.2. The number of hydrogen-bond donors (Lipinski definition) is 6. The van der Waals surface area contributed by atoms with Gasteiger partial charge in [-0.05, 0) is 42.5 Å². The number of carbonyl (C=O) groups excluding carboxylic acids is 2. The average molecular weight is 506 g/mol. The van der Waals surface area contributed by atoms with Crippen molar-refractivity contribution >= 4 is 34.8 Å². The summed E-state index contributed by atoms with van der Waals surface area (Å²) in [6.07, 6.45) is -0.955. The summed E-state index contributed by atoms with van der Waals surface area (Å²) >= 11 is 0. The zero-order chi connectivity index (χ0) is 26.6. The highest BCUT2D eigenvalue weighted by atomic mass is 19.4. The number of anilines is 4. The Morgan fingerprint density at radius 2 is 1.81 bits per heavy atom. The molecule has 0 atom stereocenters. The number of alkyl halides is 3. The summed E-state index contributed by atoms with van der Waals surface area (Å²) in [6, 6.07) is 8.00. The highest BCUT2D eigenvalue weighted by Crippen LogP contribution is 2.35. The van der Waals surface area contributed by atoms with Crippen LogP contribution in [-0.2, 0) is 6.18 Å². The van der Waals surface area contributed by atoms with E-state index in [2.05, 4.69) is 10.6 Å². The number of hydrogen-bond acceptors (Lipinski definition) is 7. The monoisotopic (exact) mass is 506 g/mol. The van der Waals surface area contributed by atoms with E-state index < -0.39 is 23.7 Å². The molecule has 2 aromatic carbocycles. The fraction of sp³-hybridized carbons (Fsp3) is 0.0952. The van der Waals surface area contributed by atoms with E-state index in [-0.39, 0.29) is 22.9 Å². The molecule has 0 radical (unpaired) electrons. The summed E-state index contributed by atoms with van der Waals surface area (Å²) in [5, 5.41) is 5.82. The smallest absolute Gasteiger partial charge is 0.403 e. The lowest BCUT2D eigenvalue weighted by Crippen LogP contribution is -2.32. The van der Waals surface area contributed by atoms with E-state index in [0.29, 0.717) is 11.4 Å². The van der Waals surface area contributed by atoms with Crippen molar-refractivity contribution in [1.29, 1.82) is 0 Å². The molecular weight excluding hydrogens is 483 g/mol. The van der Waals surface area contributed by atoms with Crippen LogP contribution >= 0.6 is 0 Å². The lowest BCUT2D eigenvalue weighted by Gasteiger charge is -2.20. The van der Waals surface area contributed by atoms with Crippen molar-refractivity contribution in [3.8, 4) is 5.69 Å². The Morgan fingerprint density at radius 3 is 2.33 bits per heavy atom. The van der Waals surface area contributed by atoms with Gasteiger partial charge in [0.05, 0.1) is 16.9 Å². The third-order valence-electron chi connectivity index (χ3n) is 4.87. The SMILES string of the molecule is COn1c[n+](-c2ccc(NC(=O)Nc3cc(C(F)(F)F)ccc3N(N)/C=C\N)cc2)c(N)c1C(N)=O. The van der Waals surface area contributed by atoms with Gasteiger partial charge in [0.25, 0.3) is 17.4 Å². The van der Waals surface area contributed by atoms with Crippen LogP contribution in [0.1, 0.15) is 16.1 Å². The van der Waals surface area contributed by atoms with Gasteiger partial charge in [-0.3, -0.25) is 9.80 Å². The lowest BCUT2D eigenvalue weighted by molar-refractivity contribution is -0.581. The number of imidazole rings is 1. The van der Waals surface area contributed by atoms with Crippen LogP contribution in [-0.4, -0.2) is 23.8 Å². The number of aromatic nitrogens is 2. The number of carbonyl (C=O) groups is 2. The third kappa shape index (κ3) is 5.41.